The van der Waals surface area contributed by atoms with E-state index in [2.05, 4.69) is 65.4 Å². The monoisotopic (exact) mass is 373 g/mol. The molecule has 3 aromatic heterocycles. The normalized spacial score (nSPS) is 15.9. The Morgan fingerprint density at radius 2 is 1.93 bits per heavy atom. The summed E-state index contributed by atoms with van der Waals surface area (Å²) in [7, 11) is 0. The van der Waals surface area contributed by atoms with Crippen molar-refractivity contribution in [3.63, 3.8) is 0 Å². The maximum absolute atomic E-state index is 4.39. The molecule has 0 amide bonds. The van der Waals surface area contributed by atoms with E-state index >= 15 is 0 Å². The molecule has 1 aromatic carbocycles. The molecule has 0 spiro atoms. The van der Waals surface area contributed by atoms with Gasteiger partial charge in [-0.15, -0.1) is 0 Å². The zero-order chi connectivity index (χ0) is 19.3. The average Bonchev–Trinajstić information content (AvgIpc) is 3.33. The quantitative estimate of drug-likeness (QED) is 0.543. The summed E-state index contributed by atoms with van der Waals surface area (Å²) < 4.78 is 1.92. The highest BCUT2D eigenvalue weighted by molar-refractivity contribution is 5.92. The van der Waals surface area contributed by atoms with Gasteiger partial charge in [-0.2, -0.15) is 5.10 Å². The van der Waals surface area contributed by atoms with Gasteiger partial charge in [0.25, 0.3) is 0 Å². The van der Waals surface area contributed by atoms with Crippen molar-refractivity contribution in [1.82, 2.24) is 24.9 Å². The minimum atomic E-state index is 0.429. The fourth-order valence-corrected chi connectivity index (χ4v) is 4.73. The van der Waals surface area contributed by atoms with Crippen molar-refractivity contribution >= 4 is 16.6 Å². The fourth-order valence-electron chi connectivity index (χ4n) is 4.73. The van der Waals surface area contributed by atoms with Gasteiger partial charge in [0, 0.05) is 16.5 Å². The maximum Gasteiger partial charge on any atom is 0.155 e. The summed E-state index contributed by atoms with van der Waals surface area (Å²) in [5.74, 6) is 1.09. The molecule has 144 valence electrons. The SMILES string of the molecule is Cc1c(-c2[nH]c3ccc(C4CCNCC4)cc3c2C(C)C)ccc2ncnn12. The second-order valence-electron chi connectivity index (χ2n) is 8.26. The number of aromatic amines is 1. The lowest BCUT2D eigenvalue weighted by Crippen LogP contribution is -2.26. The van der Waals surface area contributed by atoms with Crippen LogP contribution in [-0.2, 0) is 0 Å². The molecule has 0 unspecified atom stereocenters. The van der Waals surface area contributed by atoms with Crippen molar-refractivity contribution in [3.8, 4) is 11.3 Å². The Balaban J connectivity index is 1.70. The molecule has 0 radical (unpaired) electrons. The van der Waals surface area contributed by atoms with E-state index in [1.807, 2.05) is 10.6 Å². The number of hydrogen-bond acceptors (Lipinski definition) is 3. The van der Waals surface area contributed by atoms with Gasteiger partial charge >= 0.3 is 0 Å². The summed E-state index contributed by atoms with van der Waals surface area (Å²) in [5.41, 5.74) is 8.50. The molecule has 5 heteroatoms. The Morgan fingerprint density at radius 1 is 1.11 bits per heavy atom. The molecule has 4 heterocycles. The summed E-state index contributed by atoms with van der Waals surface area (Å²) in [5, 5.41) is 9.23. The largest absolute Gasteiger partial charge is 0.354 e. The highest BCUT2D eigenvalue weighted by Gasteiger charge is 2.21. The zero-order valence-corrected chi connectivity index (χ0v) is 16.8. The maximum atomic E-state index is 4.39. The molecule has 28 heavy (non-hydrogen) atoms. The van der Waals surface area contributed by atoms with Gasteiger partial charge in [-0.05, 0) is 80.1 Å². The van der Waals surface area contributed by atoms with Crippen LogP contribution in [0.15, 0.2) is 36.7 Å². The van der Waals surface area contributed by atoms with Gasteiger partial charge < -0.3 is 10.3 Å². The van der Waals surface area contributed by atoms with E-state index in [0.29, 0.717) is 11.8 Å². The van der Waals surface area contributed by atoms with Gasteiger partial charge in [0.05, 0.1) is 11.4 Å². The second kappa shape index (κ2) is 6.74. The van der Waals surface area contributed by atoms with Gasteiger partial charge in [-0.25, -0.2) is 9.50 Å². The Bertz CT molecular complexity index is 1140. The van der Waals surface area contributed by atoms with Crippen LogP contribution < -0.4 is 5.32 Å². The third kappa shape index (κ3) is 2.73. The molecule has 0 atom stereocenters. The van der Waals surface area contributed by atoms with Crippen molar-refractivity contribution in [2.45, 2.75) is 45.4 Å². The topological polar surface area (TPSA) is 58.0 Å². The van der Waals surface area contributed by atoms with E-state index in [4.69, 9.17) is 0 Å². The third-order valence-electron chi connectivity index (χ3n) is 6.20. The van der Waals surface area contributed by atoms with Gasteiger partial charge in [-0.3, -0.25) is 0 Å². The van der Waals surface area contributed by atoms with Gasteiger partial charge in [0.15, 0.2) is 5.65 Å². The molecule has 1 aliphatic rings. The lowest BCUT2D eigenvalue weighted by Gasteiger charge is -2.23. The Hall–Kier alpha value is -2.66. The molecule has 1 saturated heterocycles. The summed E-state index contributed by atoms with van der Waals surface area (Å²) in [6.45, 7) is 8.93. The molecule has 5 nitrogen and oxygen atoms in total. The highest BCUT2D eigenvalue weighted by Crippen LogP contribution is 2.38. The summed E-state index contributed by atoms with van der Waals surface area (Å²) in [4.78, 5) is 8.03. The number of pyridine rings is 1. The van der Waals surface area contributed by atoms with Crippen LogP contribution >= 0.6 is 0 Å². The highest BCUT2D eigenvalue weighted by atomic mass is 15.3. The molecule has 4 aromatic rings. The molecule has 0 aliphatic carbocycles. The Morgan fingerprint density at radius 3 is 2.71 bits per heavy atom. The molecule has 1 aliphatic heterocycles. The van der Waals surface area contributed by atoms with Crippen LogP contribution in [0.25, 0.3) is 27.8 Å². The van der Waals surface area contributed by atoms with Crippen molar-refractivity contribution < 1.29 is 0 Å². The molecule has 2 N–H and O–H groups in total. The van der Waals surface area contributed by atoms with E-state index in [1.165, 1.54) is 46.1 Å². The smallest absolute Gasteiger partial charge is 0.155 e. The summed E-state index contributed by atoms with van der Waals surface area (Å²) in [6, 6.07) is 11.2. The number of aromatic nitrogens is 4. The molecule has 1 fully saturated rings. The summed E-state index contributed by atoms with van der Waals surface area (Å²) in [6.07, 6.45) is 4.07. The zero-order valence-electron chi connectivity index (χ0n) is 16.8. The molecular weight excluding hydrogens is 346 g/mol. The minimum Gasteiger partial charge on any atom is -0.354 e. The van der Waals surface area contributed by atoms with Crippen LogP contribution in [0, 0.1) is 6.92 Å². The molecular formula is C23H27N5. The predicted molar refractivity (Wildman–Crippen MR) is 114 cm³/mol. The lowest BCUT2D eigenvalue weighted by molar-refractivity contribution is 0.460. The van der Waals surface area contributed by atoms with Gasteiger partial charge in [-0.1, -0.05) is 19.9 Å². The van der Waals surface area contributed by atoms with Crippen LogP contribution in [0.1, 0.15) is 55.3 Å². The van der Waals surface area contributed by atoms with Crippen LogP contribution in [0.5, 0.6) is 0 Å². The number of fused-ring (bicyclic) bond motifs is 2. The standard InChI is InChI=1S/C23H27N5/c1-14(2)22-19-12-17(16-8-10-24-11-9-16)4-6-20(19)27-23(22)18-5-7-21-25-13-26-28(21)15(18)3/h4-7,12-14,16,24,27H,8-11H2,1-3H3. The van der Waals surface area contributed by atoms with Crippen molar-refractivity contribution in [3.05, 3.63) is 53.5 Å². The molecule has 0 saturated carbocycles. The first-order valence-electron chi connectivity index (χ1n) is 10.3. The summed E-state index contributed by atoms with van der Waals surface area (Å²) >= 11 is 0. The fraction of sp³-hybridized carbons (Fsp3) is 0.391. The van der Waals surface area contributed by atoms with Crippen LogP contribution in [0.2, 0.25) is 0 Å². The Kier molecular flexibility index (Phi) is 4.20. The second-order valence-corrected chi connectivity index (χ2v) is 8.26. The number of nitrogens with one attached hydrogen (secondary N) is 2. The number of aryl methyl sites for hydroxylation is 1. The first-order valence-corrected chi connectivity index (χ1v) is 10.3. The molecule has 5 rings (SSSR count). The van der Waals surface area contributed by atoms with Gasteiger partial charge in [0.1, 0.15) is 6.33 Å². The van der Waals surface area contributed by atoms with E-state index < -0.39 is 0 Å². The first kappa shape index (κ1) is 17.4. The minimum absolute atomic E-state index is 0.429. The average molecular weight is 374 g/mol. The Labute approximate surface area is 165 Å². The number of piperidine rings is 1. The van der Waals surface area contributed by atoms with E-state index in [9.17, 15) is 0 Å². The lowest BCUT2D eigenvalue weighted by atomic mass is 9.88. The van der Waals surface area contributed by atoms with E-state index in [0.717, 1.165) is 24.4 Å². The predicted octanol–water partition coefficient (Wildman–Crippen LogP) is 4.78. The van der Waals surface area contributed by atoms with Gasteiger partial charge in [0.2, 0.25) is 0 Å². The number of hydrogen-bond donors (Lipinski definition) is 2. The third-order valence-corrected chi connectivity index (χ3v) is 6.20. The number of rotatable bonds is 3. The number of H-pyrrole nitrogens is 1. The van der Waals surface area contributed by atoms with E-state index in [-0.39, 0.29) is 0 Å². The molecule has 0 bridgehead atoms. The van der Waals surface area contributed by atoms with Crippen LogP contribution in [0.4, 0.5) is 0 Å². The van der Waals surface area contributed by atoms with Crippen molar-refractivity contribution in [2.24, 2.45) is 0 Å². The first-order chi connectivity index (χ1) is 13.6. The van der Waals surface area contributed by atoms with Crippen molar-refractivity contribution in [1.29, 1.82) is 0 Å². The number of benzene rings is 1. The van der Waals surface area contributed by atoms with E-state index in [1.54, 1.807) is 6.33 Å². The van der Waals surface area contributed by atoms with Crippen LogP contribution in [-0.4, -0.2) is 32.7 Å². The number of nitrogens with zero attached hydrogens (tertiary/aromatic N) is 3. The van der Waals surface area contributed by atoms with Crippen molar-refractivity contribution in [2.75, 3.05) is 13.1 Å². The van der Waals surface area contributed by atoms with Crippen LogP contribution in [0.3, 0.4) is 0 Å².